The molecule has 0 spiro atoms. The Hall–Kier alpha value is -2.59. The number of fused-ring (bicyclic) bond motifs is 3. The Balaban J connectivity index is 1.42. The Morgan fingerprint density at radius 2 is 1.76 bits per heavy atom. The Labute approximate surface area is 173 Å². The highest BCUT2D eigenvalue weighted by Crippen LogP contribution is 2.38. The van der Waals surface area contributed by atoms with Crippen LogP contribution in [0.2, 0.25) is 0 Å². The summed E-state index contributed by atoms with van der Waals surface area (Å²) in [7, 11) is 0. The number of pyridine rings is 1. The van der Waals surface area contributed by atoms with Crippen molar-refractivity contribution in [2.24, 2.45) is 0 Å². The number of likely N-dealkylation sites (tertiary alicyclic amines) is 1. The van der Waals surface area contributed by atoms with Crippen LogP contribution in [0.25, 0.3) is 10.9 Å². The summed E-state index contributed by atoms with van der Waals surface area (Å²) in [5.74, 6) is 1.74. The lowest BCUT2D eigenvalue weighted by Crippen LogP contribution is -2.27. The molecular weight excluding hydrogens is 358 g/mol. The molecule has 0 atom stereocenters. The number of aromatic nitrogens is 1. The lowest BCUT2D eigenvalue weighted by Gasteiger charge is -2.23. The predicted octanol–water partition coefficient (Wildman–Crippen LogP) is 5.18. The Morgan fingerprint density at radius 1 is 0.931 bits per heavy atom. The number of hydrogen-bond acceptors (Lipinski definition) is 4. The van der Waals surface area contributed by atoms with Crippen molar-refractivity contribution in [2.45, 2.75) is 32.6 Å². The minimum absolute atomic E-state index is 0.867. The molecule has 29 heavy (non-hydrogen) atoms. The molecule has 3 heterocycles. The van der Waals surface area contributed by atoms with Gasteiger partial charge in [0.1, 0.15) is 11.5 Å². The number of anilines is 1. The highest BCUT2D eigenvalue weighted by atomic mass is 16.5. The Bertz CT molecular complexity index is 996. The van der Waals surface area contributed by atoms with Gasteiger partial charge in [-0.25, -0.2) is 0 Å². The molecule has 2 aliphatic heterocycles. The van der Waals surface area contributed by atoms with E-state index in [1.54, 1.807) is 0 Å². The zero-order valence-electron chi connectivity index (χ0n) is 17.2. The number of rotatable bonds is 6. The second kappa shape index (κ2) is 8.03. The second-order valence-electron chi connectivity index (χ2n) is 8.26. The maximum absolute atomic E-state index is 6.11. The van der Waals surface area contributed by atoms with Crippen molar-refractivity contribution in [3.63, 3.8) is 0 Å². The zero-order chi connectivity index (χ0) is 19.6. The lowest BCUT2D eigenvalue weighted by molar-refractivity contribution is 0.335. The average molecular weight is 388 g/mol. The fourth-order valence-electron chi connectivity index (χ4n) is 4.81. The molecule has 4 heteroatoms. The van der Waals surface area contributed by atoms with Gasteiger partial charge in [0.15, 0.2) is 0 Å². The highest BCUT2D eigenvalue weighted by Gasteiger charge is 2.25. The van der Waals surface area contributed by atoms with E-state index >= 15 is 0 Å². The summed E-state index contributed by atoms with van der Waals surface area (Å²) in [6.07, 6.45) is 5.05. The van der Waals surface area contributed by atoms with Crippen LogP contribution in [0.1, 0.15) is 30.5 Å². The van der Waals surface area contributed by atoms with E-state index in [4.69, 9.17) is 9.72 Å². The fourth-order valence-corrected chi connectivity index (χ4v) is 4.81. The maximum atomic E-state index is 6.11. The van der Waals surface area contributed by atoms with Gasteiger partial charge in [-0.05, 0) is 88.1 Å². The van der Waals surface area contributed by atoms with E-state index in [0.29, 0.717) is 0 Å². The number of aryl methyl sites for hydroxylation is 1. The topological polar surface area (TPSA) is 28.6 Å². The van der Waals surface area contributed by atoms with Crippen molar-refractivity contribution in [2.75, 3.05) is 37.6 Å². The van der Waals surface area contributed by atoms with Gasteiger partial charge in [-0.3, -0.25) is 4.98 Å². The van der Waals surface area contributed by atoms with Gasteiger partial charge in [-0.1, -0.05) is 18.2 Å². The summed E-state index contributed by atoms with van der Waals surface area (Å²) < 4.78 is 6.11. The molecular formula is C25H29N3O. The van der Waals surface area contributed by atoms with Gasteiger partial charge in [-0.2, -0.15) is 0 Å². The third kappa shape index (κ3) is 3.82. The van der Waals surface area contributed by atoms with Crippen LogP contribution in [-0.4, -0.2) is 42.6 Å². The standard InChI is InChI=1S/C25H29N3O/c1-19-22-12-17-28(16-7-15-27-13-5-6-14-27)25(22)23-18-21(10-11-24(23)26-19)29-20-8-3-2-4-9-20/h2-4,8-11,18H,5-7,12-17H2,1H3. The largest absolute Gasteiger partial charge is 0.457 e. The minimum Gasteiger partial charge on any atom is -0.457 e. The van der Waals surface area contributed by atoms with Gasteiger partial charge >= 0.3 is 0 Å². The van der Waals surface area contributed by atoms with Crippen LogP contribution < -0.4 is 9.64 Å². The number of para-hydroxylation sites is 1. The first-order valence-corrected chi connectivity index (χ1v) is 10.9. The average Bonchev–Trinajstić information content (AvgIpc) is 3.40. The molecule has 4 nitrogen and oxygen atoms in total. The summed E-state index contributed by atoms with van der Waals surface area (Å²) in [5.41, 5.74) is 5.03. The summed E-state index contributed by atoms with van der Waals surface area (Å²) in [4.78, 5) is 10.1. The first-order valence-electron chi connectivity index (χ1n) is 10.9. The quantitative estimate of drug-likeness (QED) is 0.582. The van der Waals surface area contributed by atoms with Gasteiger partial charge in [0, 0.05) is 24.2 Å². The van der Waals surface area contributed by atoms with E-state index in [-0.39, 0.29) is 0 Å². The van der Waals surface area contributed by atoms with Gasteiger partial charge in [-0.15, -0.1) is 0 Å². The van der Waals surface area contributed by atoms with Crippen molar-refractivity contribution in [1.82, 2.24) is 9.88 Å². The van der Waals surface area contributed by atoms with Crippen LogP contribution in [0.15, 0.2) is 48.5 Å². The van der Waals surface area contributed by atoms with Crippen LogP contribution in [0.5, 0.6) is 11.5 Å². The third-order valence-corrected chi connectivity index (χ3v) is 6.26. The molecule has 5 rings (SSSR count). The Kier molecular flexibility index (Phi) is 5.11. The van der Waals surface area contributed by atoms with Crippen molar-refractivity contribution in [1.29, 1.82) is 0 Å². The molecule has 2 aliphatic rings. The summed E-state index contributed by atoms with van der Waals surface area (Å²) in [5, 5.41) is 1.22. The summed E-state index contributed by atoms with van der Waals surface area (Å²) in [6.45, 7) is 8.15. The molecule has 0 unspecified atom stereocenters. The van der Waals surface area contributed by atoms with E-state index in [1.165, 1.54) is 61.2 Å². The summed E-state index contributed by atoms with van der Waals surface area (Å²) >= 11 is 0. The molecule has 0 N–H and O–H groups in total. The molecule has 0 amide bonds. The second-order valence-corrected chi connectivity index (χ2v) is 8.26. The normalized spacial score (nSPS) is 16.5. The number of ether oxygens (including phenoxy) is 1. The van der Waals surface area contributed by atoms with Crippen molar-refractivity contribution < 1.29 is 4.74 Å². The lowest BCUT2D eigenvalue weighted by atomic mass is 10.1. The van der Waals surface area contributed by atoms with Crippen LogP contribution in [0.4, 0.5) is 5.69 Å². The van der Waals surface area contributed by atoms with E-state index in [0.717, 1.165) is 36.5 Å². The van der Waals surface area contributed by atoms with E-state index < -0.39 is 0 Å². The first kappa shape index (κ1) is 18.4. The van der Waals surface area contributed by atoms with Crippen LogP contribution in [0, 0.1) is 6.92 Å². The molecule has 1 saturated heterocycles. The van der Waals surface area contributed by atoms with Crippen LogP contribution in [0.3, 0.4) is 0 Å². The van der Waals surface area contributed by atoms with Crippen LogP contribution >= 0.6 is 0 Å². The minimum atomic E-state index is 0.867. The fraction of sp³-hybridized carbons (Fsp3) is 0.400. The molecule has 1 fully saturated rings. The molecule has 0 aliphatic carbocycles. The monoisotopic (exact) mass is 387 g/mol. The molecule has 2 aromatic carbocycles. The maximum Gasteiger partial charge on any atom is 0.128 e. The third-order valence-electron chi connectivity index (χ3n) is 6.26. The molecule has 1 aromatic heterocycles. The SMILES string of the molecule is Cc1nc2ccc(Oc3ccccc3)cc2c2c1CCN2CCCN1CCCC1. The molecule has 150 valence electrons. The Morgan fingerprint density at radius 3 is 2.59 bits per heavy atom. The van der Waals surface area contributed by atoms with Crippen molar-refractivity contribution >= 4 is 16.6 Å². The first-order chi connectivity index (χ1) is 14.3. The smallest absolute Gasteiger partial charge is 0.128 e. The molecule has 0 radical (unpaired) electrons. The van der Waals surface area contributed by atoms with Crippen molar-refractivity contribution in [3.8, 4) is 11.5 Å². The van der Waals surface area contributed by atoms with Gasteiger partial charge in [0.2, 0.25) is 0 Å². The zero-order valence-corrected chi connectivity index (χ0v) is 17.2. The number of benzene rings is 2. The predicted molar refractivity (Wildman–Crippen MR) is 119 cm³/mol. The highest BCUT2D eigenvalue weighted by molar-refractivity contribution is 5.96. The molecule has 0 saturated carbocycles. The molecule has 3 aromatic rings. The van der Waals surface area contributed by atoms with E-state index in [1.807, 2.05) is 36.4 Å². The number of nitrogens with zero attached hydrogens (tertiary/aromatic N) is 3. The molecule has 0 bridgehead atoms. The van der Waals surface area contributed by atoms with Gasteiger partial charge < -0.3 is 14.5 Å². The van der Waals surface area contributed by atoms with Crippen molar-refractivity contribution in [3.05, 3.63) is 59.8 Å². The van der Waals surface area contributed by atoms with E-state index in [2.05, 4.69) is 28.9 Å². The van der Waals surface area contributed by atoms with E-state index in [9.17, 15) is 0 Å². The van der Waals surface area contributed by atoms with Gasteiger partial charge in [0.25, 0.3) is 0 Å². The van der Waals surface area contributed by atoms with Crippen LogP contribution in [-0.2, 0) is 6.42 Å². The summed E-state index contributed by atoms with van der Waals surface area (Å²) in [6, 6.07) is 16.3. The number of hydrogen-bond donors (Lipinski definition) is 0. The van der Waals surface area contributed by atoms with Gasteiger partial charge in [0.05, 0.1) is 11.2 Å².